The largest absolute Gasteiger partial charge is 0.317 e. The second-order valence-electron chi connectivity index (χ2n) is 9.03. The van der Waals surface area contributed by atoms with E-state index >= 15 is 0 Å². The Morgan fingerprint density at radius 3 is 2.57 bits per heavy atom. The lowest BCUT2D eigenvalue weighted by atomic mass is 9.71. The first-order chi connectivity index (χ1) is 11.2. The monoisotopic (exact) mass is 312 g/mol. The zero-order chi connectivity index (χ0) is 15.4. The molecule has 2 aliphatic heterocycles. The van der Waals surface area contributed by atoms with E-state index in [2.05, 4.69) is 29.3 Å². The molecule has 126 valence electrons. The molecule has 23 heavy (non-hydrogen) atoms. The minimum absolute atomic E-state index is 0.538. The molecule has 3 unspecified atom stereocenters. The van der Waals surface area contributed by atoms with Crippen LogP contribution in [-0.4, -0.2) is 37.1 Å². The Labute approximate surface area is 141 Å². The lowest BCUT2D eigenvalue weighted by Gasteiger charge is -2.46. The Balaban J connectivity index is 1.24. The number of likely N-dealkylation sites (tertiary alicyclic amines) is 1. The van der Waals surface area contributed by atoms with Crippen molar-refractivity contribution >= 4 is 0 Å². The molecule has 0 amide bonds. The molecule has 6 aliphatic rings. The molecular formula is C21H32N2. The predicted molar refractivity (Wildman–Crippen MR) is 95.3 cm³/mol. The molecule has 1 N–H and O–H groups in total. The number of hydrogen-bond donors (Lipinski definition) is 1. The van der Waals surface area contributed by atoms with E-state index in [1.807, 2.05) is 5.57 Å². The Hall–Kier alpha value is -0.600. The first-order valence-electron chi connectivity index (χ1n) is 10.1. The fraction of sp³-hybridized carbons (Fsp3) is 0.810. The van der Waals surface area contributed by atoms with Gasteiger partial charge < -0.3 is 5.32 Å². The summed E-state index contributed by atoms with van der Waals surface area (Å²) < 4.78 is 0. The van der Waals surface area contributed by atoms with Crippen molar-refractivity contribution in [2.45, 2.75) is 57.9 Å². The number of hydrogen-bond acceptors (Lipinski definition) is 2. The topological polar surface area (TPSA) is 15.3 Å². The minimum atomic E-state index is 0.538. The molecule has 2 heterocycles. The van der Waals surface area contributed by atoms with E-state index in [0.717, 1.165) is 23.8 Å². The lowest BCUT2D eigenvalue weighted by molar-refractivity contribution is 0.0499. The summed E-state index contributed by atoms with van der Waals surface area (Å²) in [6.07, 6.45) is 15.1. The number of nitrogens with one attached hydrogen (secondary N) is 1. The van der Waals surface area contributed by atoms with E-state index in [0.29, 0.717) is 5.41 Å². The zero-order valence-electron chi connectivity index (χ0n) is 14.7. The van der Waals surface area contributed by atoms with Gasteiger partial charge in [0.2, 0.25) is 0 Å². The third-order valence-electron chi connectivity index (χ3n) is 8.04. The fourth-order valence-corrected chi connectivity index (χ4v) is 6.73. The van der Waals surface area contributed by atoms with Gasteiger partial charge in [0.25, 0.3) is 0 Å². The van der Waals surface area contributed by atoms with Crippen molar-refractivity contribution in [1.29, 1.82) is 0 Å². The van der Waals surface area contributed by atoms with E-state index in [-0.39, 0.29) is 0 Å². The van der Waals surface area contributed by atoms with Crippen LogP contribution in [0.4, 0.5) is 0 Å². The van der Waals surface area contributed by atoms with Gasteiger partial charge in [-0.3, -0.25) is 4.90 Å². The van der Waals surface area contributed by atoms with Crippen LogP contribution in [0.25, 0.3) is 0 Å². The molecule has 3 atom stereocenters. The third-order valence-corrected chi connectivity index (χ3v) is 8.04. The highest BCUT2D eigenvalue weighted by molar-refractivity contribution is 5.45. The van der Waals surface area contributed by atoms with Crippen LogP contribution in [0, 0.1) is 23.2 Å². The number of piperidine rings is 2. The third kappa shape index (κ3) is 2.28. The smallest absolute Gasteiger partial charge is 0.0164 e. The fourth-order valence-electron chi connectivity index (χ4n) is 6.73. The summed E-state index contributed by atoms with van der Waals surface area (Å²) in [5, 5.41) is 3.53. The van der Waals surface area contributed by atoms with Crippen molar-refractivity contribution in [1.82, 2.24) is 10.2 Å². The van der Waals surface area contributed by atoms with Gasteiger partial charge in [-0.1, -0.05) is 23.3 Å². The first-order valence-corrected chi connectivity index (χ1v) is 10.1. The van der Waals surface area contributed by atoms with Gasteiger partial charge >= 0.3 is 0 Å². The zero-order valence-corrected chi connectivity index (χ0v) is 14.7. The molecule has 0 aromatic heterocycles. The summed E-state index contributed by atoms with van der Waals surface area (Å²) in [5.74, 6) is 2.81. The Morgan fingerprint density at radius 2 is 1.83 bits per heavy atom. The SMILES string of the molecule is CC(N1CCC(C2CCNCC2)CC1)C12CC3=CC(C=C1C3)C2. The van der Waals surface area contributed by atoms with Crippen molar-refractivity contribution < 1.29 is 0 Å². The summed E-state index contributed by atoms with van der Waals surface area (Å²) in [5.41, 5.74) is 4.11. The molecule has 0 aromatic carbocycles. The molecule has 2 nitrogen and oxygen atoms in total. The highest BCUT2D eigenvalue weighted by atomic mass is 15.2. The van der Waals surface area contributed by atoms with Gasteiger partial charge in [0.15, 0.2) is 0 Å². The van der Waals surface area contributed by atoms with Crippen LogP contribution in [0.5, 0.6) is 0 Å². The molecule has 2 heteroatoms. The van der Waals surface area contributed by atoms with E-state index in [9.17, 15) is 0 Å². The molecule has 0 aromatic rings. The maximum absolute atomic E-state index is 3.53. The van der Waals surface area contributed by atoms with E-state index in [1.165, 1.54) is 71.1 Å². The molecule has 0 radical (unpaired) electrons. The highest BCUT2D eigenvalue weighted by Gasteiger charge is 2.53. The van der Waals surface area contributed by atoms with Crippen LogP contribution in [0.3, 0.4) is 0 Å². The average Bonchev–Trinajstić information content (AvgIpc) is 3.00. The molecule has 4 aliphatic carbocycles. The maximum atomic E-state index is 3.53. The summed E-state index contributed by atoms with van der Waals surface area (Å²) in [4.78, 5) is 2.86. The van der Waals surface area contributed by atoms with Crippen molar-refractivity contribution in [2.24, 2.45) is 23.2 Å². The molecule has 1 saturated carbocycles. The van der Waals surface area contributed by atoms with Gasteiger partial charge in [-0.25, -0.2) is 0 Å². The number of nitrogens with zero attached hydrogens (tertiary/aromatic N) is 1. The summed E-state index contributed by atoms with van der Waals surface area (Å²) in [6.45, 7) is 7.78. The lowest BCUT2D eigenvalue weighted by Crippen LogP contribution is -2.49. The summed E-state index contributed by atoms with van der Waals surface area (Å²) in [7, 11) is 0. The van der Waals surface area contributed by atoms with Crippen LogP contribution in [0.1, 0.15) is 51.9 Å². The highest BCUT2D eigenvalue weighted by Crippen LogP contribution is 2.61. The standard InChI is InChI=1S/C21H32N2/c1-15(21-13-16-10-17(14-21)12-20(21)11-16)23-8-4-19(5-9-23)18-2-6-22-7-3-18/h10-11,15-16,18-19,22H,2-9,12-14H2,1H3. The van der Waals surface area contributed by atoms with E-state index < -0.39 is 0 Å². The first kappa shape index (κ1) is 14.7. The van der Waals surface area contributed by atoms with Crippen molar-refractivity contribution in [3.05, 3.63) is 23.3 Å². The summed E-state index contributed by atoms with van der Waals surface area (Å²) in [6, 6.07) is 0.763. The van der Waals surface area contributed by atoms with Gasteiger partial charge in [0.05, 0.1) is 0 Å². The van der Waals surface area contributed by atoms with Crippen molar-refractivity contribution in [2.75, 3.05) is 26.2 Å². The average molecular weight is 313 g/mol. The van der Waals surface area contributed by atoms with Gasteiger partial charge in [-0.05, 0) is 95.8 Å². The predicted octanol–water partition coefficient (Wildman–Crippen LogP) is 3.75. The van der Waals surface area contributed by atoms with Crippen molar-refractivity contribution in [3.63, 3.8) is 0 Å². The summed E-state index contributed by atoms with van der Waals surface area (Å²) >= 11 is 0. The Morgan fingerprint density at radius 1 is 1.09 bits per heavy atom. The second kappa shape index (κ2) is 5.46. The molecule has 6 rings (SSSR count). The van der Waals surface area contributed by atoms with Crippen LogP contribution in [0.2, 0.25) is 0 Å². The molecule has 3 fully saturated rings. The van der Waals surface area contributed by atoms with Gasteiger partial charge in [-0.2, -0.15) is 0 Å². The van der Waals surface area contributed by atoms with E-state index in [1.54, 1.807) is 5.57 Å². The van der Waals surface area contributed by atoms with Gasteiger partial charge in [0, 0.05) is 11.5 Å². The molecule has 4 bridgehead atoms. The van der Waals surface area contributed by atoms with Crippen LogP contribution >= 0.6 is 0 Å². The van der Waals surface area contributed by atoms with E-state index in [4.69, 9.17) is 0 Å². The minimum Gasteiger partial charge on any atom is -0.317 e. The number of rotatable bonds is 3. The molecular weight excluding hydrogens is 280 g/mol. The quantitative estimate of drug-likeness (QED) is 0.798. The normalized spacial score (nSPS) is 39.6. The maximum Gasteiger partial charge on any atom is 0.0164 e. The Bertz CT molecular complexity index is 534. The Kier molecular flexibility index (Phi) is 3.49. The van der Waals surface area contributed by atoms with Gasteiger partial charge in [0.1, 0.15) is 0 Å². The second-order valence-corrected chi connectivity index (χ2v) is 9.03. The number of allylic oxidation sites excluding steroid dienone is 3. The van der Waals surface area contributed by atoms with Crippen LogP contribution < -0.4 is 5.32 Å². The van der Waals surface area contributed by atoms with Crippen LogP contribution in [-0.2, 0) is 0 Å². The van der Waals surface area contributed by atoms with Crippen molar-refractivity contribution in [3.8, 4) is 0 Å². The van der Waals surface area contributed by atoms with Crippen LogP contribution in [0.15, 0.2) is 23.3 Å². The van der Waals surface area contributed by atoms with Gasteiger partial charge in [-0.15, -0.1) is 0 Å². The molecule has 0 spiro atoms. The molecule has 2 saturated heterocycles.